The van der Waals surface area contributed by atoms with Crippen LogP contribution in [0.4, 0.5) is 0 Å². The number of carbonyl (C=O) groups is 6. The third-order valence-electron chi connectivity index (χ3n) is 3.93. The number of amides is 5. The minimum absolute atomic E-state index is 0.355. The first-order valence-electron chi connectivity index (χ1n) is 9.05. The van der Waals surface area contributed by atoms with Crippen LogP contribution in [0.2, 0.25) is 0 Å². The van der Waals surface area contributed by atoms with Gasteiger partial charge < -0.3 is 48.5 Å². The Morgan fingerprint density at radius 2 is 1.39 bits per heavy atom. The molecule has 31 heavy (non-hydrogen) atoms. The molecule has 5 unspecified atom stereocenters. The highest BCUT2D eigenvalue weighted by atomic mass is 16.4. The van der Waals surface area contributed by atoms with Gasteiger partial charge in [0.25, 0.3) is 0 Å². The van der Waals surface area contributed by atoms with Crippen molar-refractivity contribution in [2.45, 2.75) is 56.5 Å². The highest BCUT2D eigenvalue weighted by Crippen LogP contribution is 2.03. The van der Waals surface area contributed by atoms with Gasteiger partial charge in [-0.15, -0.1) is 0 Å². The molecule has 0 radical (unpaired) electrons. The number of carbonyl (C=O) groups excluding carboxylic acids is 5. The molecule has 0 aromatic carbocycles. The van der Waals surface area contributed by atoms with E-state index in [1.165, 1.54) is 0 Å². The second-order valence-corrected chi connectivity index (χ2v) is 6.65. The van der Waals surface area contributed by atoms with E-state index in [-0.39, 0.29) is 12.8 Å². The van der Waals surface area contributed by atoms with Gasteiger partial charge >= 0.3 is 5.97 Å². The molecule has 0 aromatic rings. The second-order valence-electron chi connectivity index (χ2n) is 6.65. The number of nitrogens with one attached hydrogen (secondary N) is 3. The largest absolute Gasteiger partial charge is 0.480 e. The van der Waals surface area contributed by atoms with E-state index >= 15 is 0 Å². The van der Waals surface area contributed by atoms with Gasteiger partial charge in [-0.1, -0.05) is 0 Å². The quantitative estimate of drug-likeness (QED) is 0.121. The number of aliphatic hydroxyl groups excluding tert-OH is 2. The molecule has 0 saturated heterocycles. The van der Waals surface area contributed by atoms with E-state index in [1.54, 1.807) is 0 Å². The van der Waals surface area contributed by atoms with Gasteiger partial charge in [-0.2, -0.15) is 0 Å². The zero-order valence-electron chi connectivity index (χ0n) is 16.7. The van der Waals surface area contributed by atoms with Crippen molar-refractivity contribution in [3.8, 4) is 0 Å². The Kier molecular flexibility index (Phi) is 11.7. The summed E-state index contributed by atoms with van der Waals surface area (Å²) in [5.74, 6) is -6.50. The number of hydrogen-bond donors (Lipinski definition) is 9. The maximum absolute atomic E-state index is 12.5. The molecule has 15 nitrogen and oxygen atoms in total. The van der Waals surface area contributed by atoms with Crippen molar-refractivity contribution >= 4 is 35.5 Å². The fraction of sp³-hybridized carbons (Fsp3) is 0.625. The predicted octanol–water partition coefficient (Wildman–Crippen LogP) is -5.63. The molecule has 0 fully saturated rings. The summed E-state index contributed by atoms with van der Waals surface area (Å²) in [6.07, 6.45) is -2.92. The first kappa shape index (κ1) is 27.7. The zero-order valence-corrected chi connectivity index (χ0v) is 16.7. The van der Waals surface area contributed by atoms with Crippen LogP contribution in [0.25, 0.3) is 0 Å². The monoisotopic (exact) mass is 448 g/mol. The van der Waals surface area contributed by atoms with Crippen LogP contribution in [0.3, 0.4) is 0 Å². The lowest BCUT2D eigenvalue weighted by molar-refractivity contribution is -0.145. The Labute approximate surface area is 176 Å². The molecule has 176 valence electrons. The van der Waals surface area contributed by atoms with E-state index in [9.17, 15) is 33.9 Å². The molecule has 12 N–H and O–H groups in total. The van der Waals surface area contributed by atoms with E-state index in [2.05, 4.69) is 10.6 Å². The Balaban J connectivity index is 5.55. The first-order valence-corrected chi connectivity index (χ1v) is 9.05. The van der Waals surface area contributed by atoms with Crippen LogP contribution >= 0.6 is 0 Å². The van der Waals surface area contributed by atoms with Crippen LogP contribution in [0.15, 0.2) is 0 Å². The third-order valence-corrected chi connectivity index (χ3v) is 3.93. The minimum atomic E-state index is -1.72. The summed E-state index contributed by atoms with van der Waals surface area (Å²) in [6.45, 7) is 0.356. The average Bonchev–Trinajstić information content (AvgIpc) is 2.66. The number of carboxylic acid groups (broad SMARTS) is 1. The minimum Gasteiger partial charge on any atom is -0.480 e. The van der Waals surface area contributed by atoms with Crippen molar-refractivity contribution in [3.05, 3.63) is 0 Å². The zero-order chi connectivity index (χ0) is 24.3. The molecular formula is C16H28N6O9. The number of aliphatic hydroxyl groups is 2. The van der Waals surface area contributed by atoms with Gasteiger partial charge in [0.2, 0.25) is 29.5 Å². The van der Waals surface area contributed by atoms with Crippen molar-refractivity contribution in [1.29, 1.82) is 0 Å². The predicted molar refractivity (Wildman–Crippen MR) is 102 cm³/mol. The molecule has 0 rings (SSSR count). The normalized spacial score (nSPS) is 15.5. The Morgan fingerprint density at radius 1 is 0.871 bits per heavy atom. The van der Waals surface area contributed by atoms with Gasteiger partial charge in [0, 0.05) is 6.42 Å². The topological polar surface area (TPSA) is 277 Å². The summed E-state index contributed by atoms with van der Waals surface area (Å²) in [7, 11) is 0. The molecule has 0 bridgehead atoms. The molecule has 0 heterocycles. The van der Waals surface area contributed by atoms with Gasteiger partial charge in [0.15, 0.2) is 6.04 Å². The highest BCUT2D eigenvalue weighted by molar-refractivity contribution is 5.96. The van der Waals surface area contributed by atoms with Gasteiger partial charge in [-0.25, -0.2) is 4.79 Å². The average molecular weight is 448 g/mol. The summed E-state index contributed by atoms with van der Waals surface area (Å²) < 4.78 is 0. The van der Waals surface area contributed by atoms with Gasteiger partial charge in [-0.05, 0) is 13.3 Å². The van der Waals surface area contributed by atoms with Crippen molar-refractivity contribution in [2.75, 3.05) is 6.61 Å². The Bertz CT molecular complexity index is 699. The number of primary amides is 2. The standard InChI is InChI=1S/C16H28N6O9/c1-6(24)12(16(30)31)22-14(28)8(2-3-10(18)25)20-15(29)9(4-11(19)26)21-13(27)7(17)5-23/h6-9,12,23-24H,2-5,17H2,1H3,(H2,18,25)(H2,19,26)(H,20,29)(H,21,27)(H,22,28)(H,30,31). The van der Waals surface area contributed by atoms with Crippen molar-refractivity contribution in [3.63, 3.8) is 0 Å². The summed E-state index contributed by atoms with van der Waals surface area (Å²) >= 11 is 0. The summed E-state index contributed by atoms with van der Waals surface area (Å²) in [5, 5.41) is 33.7. The Hall–Kier alpha value is -3.30. The van der Waals surface area contributed by atoms with Gasteiger partial charge in [-0.3, -0.25) is 24.0 Å². The van der Waals surface area contributed by atoms with Gasteiger partial charge in [0.05, 0.1) is 19.1 Å². The number of carboxylic acids is 1. The summed E-state index contributed by atoms with van der Waals surface area (Å²) in [4.78, 5) is 70.3. The summed E-state index contributed by atoms with van der Waals surface area (Å²) in [5.41, 5.74) is 15.4. The van der Waals surface area contributed by atoms with E-state index in [0.29, 0.717) is 0 Å². The smallest absolute Gasteiger partial charge is 0.328 e. The molecule has 5 amide bonds. The molecular weight excluding hydrogens is 420 g/mol. The van der Waals surface area contributed by atoms with Crippen LogP contribution in [-0.4, -0.2) is 87.7 Å². The molecule has 0 aliphatic rings. The fourth-order valence-electron chi connectivity index (χ4n) is 2.24. The molecule has 0 saturated carbocycles. The van der Waals surface area contributed by atoms with Gasteiger partial charge in [0.1, 0.15) is 18.1 Å². The number of hydrogen-bond acceptors (Lipinski definition) is 9. The molecule has 5 atom stereocenters. The lowest BCUT2D eigenvalue weighted by atomic mass is 10.1. The number of aliphatic carboxylic acids is 1. The number of rotatable bonds is 14. The molecule has 0 aliphatic heterocycles. The number of nitrogens with two attached hydrogens (primary N) is 3. The maximum Gasteiger partial charge on any atom is 0.328 e. The molecule has 0 aliphatic carbocycles. The van der Waals surface area contributed by atoms with E-state index in [0.717, 1.165) is 6.92 Å². The van der Waals surface area contributed by atoms with Crippen LogP contribution in [-0.2, 0) is 28.8 Å². The van der Waals surface area contributed by atoms with Crippen molar-refractivity contribution in [1.82, 2.24) is 16.0 Å². The van der Waals surface area contributed by atoms with E-state index in [4.69, 9.17) is 27.4 Å². The van der Waals surface area contributed by atoms with Crippen LogP contribution < -0.4 is 33.2 Å². The van der Waals surface area contributed by atoms with E-state index < -0.39 is 78.8 Å². The van der Waals surface area contributed by atoms with Crippen LogP contribution in [0, 0.1) is 0 Å². The maximum atomic E-state index is 12.5. The van der Waals surface area contributed by atoms with E-state index in [1.807, 2.05) is 5.32 Å². The van der Waals surface area contributed by atoms with Crippen LogP contribution in [0.5, 0.6) is 0 Å². The lowest BCUT2D eigenvalue weighted by Crippen LogP contribution is -2.59. The SMILES string of the molecule is CC(O)C(NC(=O)C(CCC(N)=O)NC(=O)C(CC(N)=O)NC(=O)C(N)CO)C(=O)O. The Morgan fingerprint density at radius 3 is 1.81 bits per heavy atom. The first-order chi connectivity index (χ1) is 14.3. The van der Waals surface area contributed by atoms with Crippen molar-refractivity contribution < 1.29 is 44.1 Å². The summed E-state index contributed by atoms with van der Waals surface area (Å²) in [6, 6.07) is -6.22. The molecule has 0 aromatic heterocycles. The van der Waals surface area contributed by atoms with Crippen LogP contribution in [0.1, 0.15) is 26.2 Å². The molecule has 15 heteroatoms. The third kappa shape index (κ3) is 10.3. The fourth-order valence-corrected chi connectivity index (χ4v) is 2.24. The second kappa shape index (κ2) is 13.1. The molecule has 0 spiro atoms. The van der Waals surface area contributed by atoms with Crippen molar-refractivity contribution in [2.24, 2.45) is 17.2 Å². The highest BCUT2D eigenvalue weighted by Gasteiger charge is 2.32. The lowest BCUT2D eigenvalue weighted by Gasteiger charge is -2.25.